The Bertz CT molecular complexity index is 359. The molecule has 0 atom stereocenters. The van der Waals surface area contributed by atoms with Crippen LogP contribution in [0.3, 0.4) is 0 Å². The first-order valence-corrected chi connectivity index (χ1v) is 5.16. The topological polar surface area (TPSA) is 62.2 Å². The number of nitrogens with zero attached hydrogens (tertiary/aromatic N) is 1. The second-order valence-corrected chi connectivity index (χ2v) is 3.84. The average molecular weight is 206 g/mol. The Kier molecular flexibility index (Phi) is 2.97. The molecule has 1 aliphatic rings. The average Bonchev–Trinajstić information content (AvgIpc) is 2.30. The van der Waals surface area contributed by atoms with E-state index in [2.05, 4.69) is 10.3 Å². The number of piperidine rings is 1. The molecule has 1 aromatic heterocycles. The van der Waals surface area contributed by atoms with Crippen LogP contribution in [0, 0.1) is 0 Å². The predicted octanol–water partition coefficient (Wildman–Crippen LogP) is 1.25. The van der Waals surface area contributed by atoms with E-state index in [1.165, 1.54) is 6.20 Å². The van der Waals surface area contributed by atoms with Gasteiger partial charge in [-0.3, -0.25) is 4.98 Å². The monoisotopic (exact) mass is 206 g/mol. The van der Waals surface area contributed by atoms with Crippen LogP contribution in [0.4, 0.5) is 0 Å². The molecule has 2 rings (SSSR count). The first-order valence-electron chi connectivity index (χ1n) is 5.16. The van der Waals surface area contributed by atoms with Gasteiger partial charge in [-0.15, -0.1) is 0 Å². The summed E-state index contributed by atoms with van der Waals surface area (Å²) < 4.78 is 0. The van der Waals surface area contributed by atoms with Crippen LogP contribution in [-0.4, -0.2) is 29.1 Å². The molecule has 4 heteroatoms. The van der Waals surface area contributed by atoms with Crippen molar-refractivity contribution in [2.75, 3.05) is 13.1 Å². The molecule has 0 radical (unpaired) electrons. The molecule has 1 aromatic rings. The minimum absolute atomic E-state index is 0.283. The number of carbonyl (C=O) groups is 1. The Hall–Kier alpha value is -1.42. The number of aromatic carboxylic acids is 1. The van der Waals surface area contributed by atoms with Gasteiger partial charge in [0, 0.05) is 12.4 Å². The molecule has 0 aliphatic carbocycles. The van der Waals surface area contributed by atoms with Crippen LogP contribution in [-0.2, 0) is 0 Å². The highest BCUT2D eigenvalue weighted by molar-refractivity contribution is 5.87. The SMILES string of the molecule is O=C(O)c1cncc(C2CCNCC2)c1. The highest BCUT2D eigenvalue weighted by Crippen LogP contribution is 2.24. The van der Waals surface area contributed by atoms with Crippen LogP contribution in [0.25, 0.3) is 0 Å². The van der Waals surface area contributed by atoms with Crippen molar-refractivity contribution >= 4 is 5.97 Å². The van der Waals surface area contributed by atoms with Gasteiger partial charge in [0.2, 0.25) is 0 Å². The van der Waals surface area contributed by atoms with Gasteiger partial charge in [0.15, 0.2) is 0 Å². The second kappa shape index (κ2) is 4.40. The molecular weight excluding hydrogens is 192 g/mol. The molecular formula is C11H14N2O2. The molecule has 15 heavy (non-hydrogen) atoms. The van der Waals surface area contributed by atoms with E-state index in [4.69, 9.17) is 5.11 Å². The van der Waals surface area contributed by atoms with Crippen molar-refractivity contribution in [3.05, 3.63) is 29.6 Å². The quantitative estimate of drug-likeness (QED) is 0.764. The van der Waals surface area contributed by atoms with Gasteiger partial charge >= 0.3 is 5.97 Å². The van der Waals surface area contributed by atoms with Gasteiger partial charge in [-0.2, -0.15) is 0 Å². The van der Waals surface area contributed by atoms with E-state index in [9.17, 15) is 4.79 Å². The molecule has 4 nitrogen and oxygen atoms in total. The minimum Gasteiger partial charge on any atom is -0.478 e. The van der Waals surface area contributed by atoms with Gasteiger partial charge in [-0.25, -0.2) is 4.79 Å². The molecule has 1 fully saturated rings. The largest absolute Gasteiger partial charge is 0.478 e. The summed E-state index contributed by atoms with van der Waals surface area (Å²) in [7, 11) is 0. The third kappa shape index (κ3) is 2.33. The number of hydrogen-bond acceptors (Lipinski definition) is 3. The minimum atomic E-state index is -0.904. The maximum atomic E-state index is 10.8. The molecule has 2 heterocycles. The van der Waals surface area contributed by atoms with Gasteiger partial charge in [-0.05, 0) is 43.5 Å². The summed E-state index contributed by atoms with van der Waals surface area (Å²) in [5.41, 5.74) is 1.34. The molecule has 2 N–H and O–H groups in total. The lowest BCUT2D eigenvalue weighted by Crippen LogP contribution is -2.26. The zero-order valence-corrected chi connectivity index (χ0v) is 8.44. The second-order valence-electron chi connectivity index (χ2n) is 3.84. The first kappa shape index (κ1) is 10.1. The van der Waals surface area contributed by atoms with Crippen LogP contribution in [0.15, 0.2) is 18.5 Å². The fraction of sp³-hybridized carbons (Fsp3) is 0.455. The predicted molar refractivity (Wildman–Crippen MR) is 56.0 cm³/mol. The van der Waals surface area contributed by atoms with Crippen molar-refractivity contribution in [1.29, 1.82) is 0 Å². The Balaban J connectivity index is 2.19. The summed E-state index contributed by atoms with van der Waals surface area (Å²) >= 11 is 0. The third-order valence-corrected chi connectivity index (χ3v) is 2.82. The number of aromatic nitrogens is 1. The summed E-state index contributed by atoms with van der Waals surface area (Å²) in [5, 5.41) is 12.1. The Morgan fingerprint density at radius 2 is 2.13 bits per heavy atom. The van der Waals surface area contributed by atoms with Crippen molar-refractivity contribution in [2.24, 2.45) is 0 Å². The van der Waals surface area contributed by atoms with Crippen molar-refractivity contribution in [2.45, 2.75) is 18.8 Å². The van der Waals surface area contributed by atoms with E-state index < -0.39 is 5.97 Å². The molecule has 1 saturated heterocycles. The van der Waals surface area contributed by atoms with Gasteiger partial charge in [-0.1, -0.05) is 0 Å². The van der Waals surface area contributed by atoms with E-state index in [0.717, 1.165) is 31.5 Å². The summed E-state index contributed by atoms with van der Waals surface area (Å²) in [4.78, 5) is 14.8. The zero-order chi connectivity index (χ0) is 10.7. The maximum absolute atomic E-state index is 10.8. The van der Waals surface area contributed by atoms with E-state index in [1.807, 2.05) is 0 Å². The van der Waals surface area contributed by atoms with Crippen LogP contribution < -0.4 is 5.32 Å². The van der Waals surface area contributed by atoms with Crippen molar-refractivity contribution in [3.63, 3.8) is 0 Å². The molecule has 80 valence electrons. The molecule has 0 unspecified atom stereocenters. The van der Waals surface area contributed by atoms with Gasteiger partial charge in [0.1, 0.15) is 0 Å². The smallest absolute Gasteiger partial charge is 0.337 e. The van der Waals surface area contributed by atoms with E-state index in [1.54, 1.807) is 12.3 Å². The summed E-state index contributed by atoms with van der Waals surface area (Å²) in [6.07, 6.45) is 5.30. The standard InChI is InChI=1S/C11H14N2O2/c14-11(15)10-5-9(6-13-7-10)8-1-3-12-4-2-8/h5-8,12H,1-4H2,(H,14,15). The van der Waals surface area contributed by atoms with Crippen LogP contribution in [0.1, 0.15) is 34.7 Å². The van der Waals surface area contributed by atoms with Crippen LogP contribution in [0.5, 0.6) is 0 Å². The first-order chi connectivity index (χ1) is 7.27. The van der Waals surface area contributed by atoms with Gasteiger partial charge in [0.25, 0.3) is 0 Å². The number of pyridine rings is 1. The lowest BCUT2D eigenvalue weighted by Gasteiger charge is -2.22. The highest BCUT2D eigenvalue weighted by Gasteiger charge is 2.16. The van der Waals surface area contributed by atoms with Crippen LogP contribution >= 0.6 is 0 Å². The van der Waals surface area contributed by atoms with Crippen LogP contribution in [0.2, 0.25) is 0 Å². The number of carboxylic acids is 1. The lowest BCUT2D eigenvalue weighted by molar-refractivity contribution is 0.0696. The molecule has 0 aromatic carbocycles. The normalized spacial score (nSPS) is 17.6. The number of carboxylic acid groups (broad SMARTS) is 1. The molecule has 0 spiro atoms. The molecule has 0 saturated carbocycles. The zero-order valence-electron chi connectivity index (χ0n) is 8.44. The summed E-state index contributed by atoms with van der Waals surface area (Å²) in [6, 6.07) is 1.74. The summed E-state index contributed by atoms with van der Waals surface area (Å²) in [6.45, 7) is 2.00. The number of nitrogens with one attached hydrogen (secondary N) is 1. The van der Waals surface area contributed by atoms with Gasteiger partial charge in [0.05, 0.1) is 5.56 Å². The number of rotatable bonds is 2. The highest BCUT2D eigenvalue weighted by atomic mass is 16.4. The number of hydrogen-bond donors (Lipinski definition) is 2. The Morgan fingerprint density at radius 3 is 2.80 bits per heavy atom. The fourth-order valence-electron chi connectivity index (χ4n) is 1.95. The van der Waals surface area contributed by atoms with Crippen molar-refractivity contribution in [3.8, 4) is 0 Å². The molecule has 1 aliphatic heterocycles. The maximum Gasteiger partial charge on any atom is 0.337 e. The summed E-state index contributed by atoms with van der Waals surface area (Å²) in [5.74, 6) is -0.448. The van der Waals surface area contributed by atoms with Crippen molar-refractivity contribution < 1.29 is 9.90 Å². The lowest BCUT2D eigenvalue weighted by atomic mass is 9.91. The molecule has 0 amide bonds. The van der Waals surface area contributed by atoms with Gasteiger partial charge < -0.3 is 10.4 Å². The Labute approximate surface area is 88.3 Å². The Morgan fingerprint density at radius 1 is 1.40 bits per heavy atom. The fourth-order valence-corrected chi connectivity index (χ4v) is 1.95. The van der Waals surface area contributed by atoms with E-state index >= 15 is 0 Å². The molecule has 0 bridgehead atoms. The van der Waals surface area contributed by atoms with E-state index in [-0.39, 0.29) is 5.56 Å². The van der Waals surface area contributed by atoms with E-state index in [0.29, 0.717) is 5.92 Å². The third-order valence-electron chi connectivity index (χ3n) is 2.82. The van der Waals surface area contributed by atoms with Crippen molar-refractivity contribution in [1.82, 2.24) is 10.3 Å².